The molecule has 0 bridgehead atoms. The van der Waals surface area contributed by atoms with Gasteiger partial charge in [0, 0.05) is 29.7 Å². The summed E-state index contributed by atoms with van der Waals surface area (Å²) in [6.07, 6.45) is 0.432. The molecule has 1 aromatic carbocycles. The van der Waals surface area contributed by atoms with Crippen molar-refractivity contribution >= 4 is 29.0 Å². The SMILES string of the molecule is Cc1nc(C)c(-c2ccc(=O)n(CCNC(=O)CCSc3ccccc3)n2)s1. The maximum atomic E-state index is 12.1. The van der Waals surface area contributed by atoms with E-state index in [0.717, 1.165) is 26.2 Å². The van der Waals surface area contributed by atoms with Gasteiger partial charge in [-0.3, -0.25) is 9.59 Å². The van der Waals surface area contributed by atoms with E-state index < -0.39 is 0 Å². The Balaban J connectivity index is 1.50. The molecule has 6 nitrogen and oxygen atoms in total. The van der Waals surface area contributed by atoms with E-state index in [0.29, 0.717) is 25.3 Å². The fourth-order valence-corrected chi connectivity index (χ4v) is 4.42. The number of benzene rings is 1. The molecule has 3 rings (SSSR count). The van der Waals surface area contributed by atoms with Crippen molar-refractivity contribution in [1.29, 1.82) is 0 Å². The Kier molecular flexibility index (Phi) is 7.00. The average Bonchev–Trinajstić information content (AvgIpc) is 3.02. The molecule has 2 aromatic heterocycles. The van der Waals surface area contributed by atoms with Gasteiger partial charge in [0.15, 0.2) is 0 Å². The van der Waals surface area contributed by atoms with E-state index in [1.54, 1.807) is 29.2 Å². The largest absolute Gasteiger partial charge is 0.354 e. The number of aryl methyl sites for hydroxylation is 2. The van der Waals surface area contributed by atoms with Crippen molar-refractivity contribution in [2.45, 2.75) is 31.7 Å². The number of rotatable bonds is 8. The minimum absolute atomic E-state index is 0.0263. The summed E-state index contributed by atoms with van der Waals surface area (Å²) in [5.41, 5.74) is 1.45. The Labute approximate surface area is 172 Å². The number of amides is 1. The Hall–Kier alpha value is -2.45. The number of aromatic nitrogens is 3. The van der Waals surface area contributed by atoms with Crippen LogP contribution in [0.25, 0.3) is 10.6 Å². The van der Waals surface area contributed by atoms with E-state index in [9.17, 15) is 9.59 Å². The summed E-state index contributed by atoms with van der Waals surface area (Å²) in [5.74, 6) is 0.689. The lowest BCUT2D eigenvalue weighted by Gasteiger charge is -2.08. The minimum atomic E-state index is -0.184. The monoisotopic (exact) mass is 414 g/mol. The van der Waals surface area contributed by atoms with Crippen molar-refractivity contribution in [3.05, 3.63) is 63.5 Å². The molecule has 0 unspecified atom stereocenters. The standard InChI is InChI=1S/C20H22N4O2S2/c1-14-20(28-15(2)22-14)17-8-9-19(26)24(23-17)12-11-21-18(25)10-13-27-16-6-4-3-5-7-16/h3-9H,10-13H2,1-2H3,(H,21,25). The Bertz CT molecular complexity index is 999. The van der Waals surface area contributed by atoms with Crippen molar-refractivity contribution < 1.29 is 4.79 Å². The molecule has 0 saturated carbocycles. The van der Waals surface area contributed by atoms with Gasteiger partial charge in [0.1, 0.15) is 5.69 Å². The third-order valence-electron chi connectivity index (χ3n) is 3.99. The molecule has 28 heavy (non-hydrogen) atoms. The van der Waals surface area contributed by atoms with E-state index in [1.807, 2.05) is 44.2 Å². The van der Waals surface area contributed by atoms with Gasteiger partial charge in [-0.15, -0.1) is 23.1 Å². The smallest absolute Gasteiger partial charge is 0.266 e. The molecule has 0 fully saturated rings. The fourth-order valence-electron chi connectivity index (χ4n) is 2.67. The van der Waals surface area contributed by atoms with Crippen molar-refractivity contribution in [2.24, 2.45) is 0 Å². The predicted molar refractivity (Wildman–Crippen MR) is 114 cm³/mol. The molecule has 0 aliphatic heterocycles. The van der Waals surface area contributed by atoms with Crippen LogP contribution in [0.1, 0.15) is 17.1 Å². The van der Waals surface area contributed by atoms with Crippen LogP contribution in [0.3, 0.4) is 0 Å². The third-order valence-corrected chi connectivity index (χ3v) is 6.10. The van der Waals surface area contributed by atoms with Crippen LogP contribution in [0.2, 0.25) is 0 Å². The van der Waals surface area contributed by atoms with Gasteiger partial charge >= 0.3 is 0 Å². The molecule has 1 N–H and O–H groups in total. The van der Waals surface area contributed by atoms with Crippen LogP contribution in [-0.4, -0.2) is 33.0 Å². The van der Waals surface area contributed by atoms with Crippen molar-refractivity contribution in [3.63, 3.8) is 0 Å². The summed E-state index contributed by atoms with van der Waals surface area (Å²) in [7, 11) is 0. The maximum Gasteiger partial charge on any atom is 0.266 e. The van der Waals surface area contributed by atoms with E-state index in [1.165, 1.54) is 10.7 Å². The van der Waals surface area contributed by atoms with E-state index in [2.05, 4.69) is 15.4 Å². The van der Waals surface area contributed by atoms with E-state index >= 15 is 0 Å². The Morgan fingerprint density at radius 1 is 1.18 bits per heavy atom. The molecule has 0 aliphatic carbocycles. The topological polar surface area (TPSA) is 76.9 Å². The number of carbonyl (C=O) groups excluding carboxylic acids is 1. The first-order valence-corrected chi connectivity index (χ1v) is 10.8. The van der Waals surface area contributed by atoms with Gasteiger partial charge in [-0.2, -0.15) is 5.10 Å². The number of nitrogens with zero attached hydrogens (tertiary/aromatic N) is 3. The second-order valence-corrected chi connectivity index (χ2v) is 8.56. The highest BCUT2D eigenvalue weighted by Gasteiger charge is 2.11. The first-order chi connectivity index (χ1) is 13.5. The van der Waals surface area contributed by atoms with Crippen LogP contribution in [-0.2, 0) is 11.3 Å². The first-order valence-electron chi connectivity index (χ1n) is 9.00. The van der Waals surface area contributed by atoms with Crippen molar-refractivity contribution in [1.82, 2.24) is 20.1 Å². The highest BCUT2D eigenvalue weighted by Crippen LogP contribution is 2.27. The molecule has 1 amide bonds. The highest BCUT2D eigenvalue weighted by molar-refractivity contribution is 7.99. The summed E-state index contributed by atoms with van der Waals surface area (Å²) < 4.78 is 1.39. The van der Waals surface area contributed by atoms with Crippen LogP contribution in [0.5, 0.6) is 0 Å². The summed E-state index contributed by atoms with van der Waals surface area (Å²) in [6.45, 7) is 4.58. The maximum absolute atomic E-state index is 12.1. The van der Waals surface area contributed by atoms with Crippen LogP contribution in [0.15, 0.2) is 52.2 Å². The molecular weight excluding hydrogens is 392 g/mol. The van der Waals surface area contributed by atoms with E-state index in [-0.39, 0.29) is 11.5 Å². The van der Waals surface area contributed by atoms with Gasteiger partial charge in [-0.05, 0) is 32.0 Å². The van der Waals surface area contributed by atoms with Crippen LogP contribution >= 0.6 is 23.1 Å². The molecule has 0 radical (unpaired) electrons. The van der Waals surface area contributed by atoms with E-state index in [4.69, 9.17) is 0 Å². The highest BCUT2D eigenvalue weighted by atomic mass is 32.2. The first kappa shape index (κ1) is 20.3. The molecule has 0 spiro atoms. The van der Waals surface area contributed by atoms with Crippen LogP contribution in [0, 0.1) is 13.8 Å². The van der Waals surface area contributed by atoms with Crippen molar-refractivity contribution in [2.75, 3.05) is 12.3 Å². The molecule has 0 aliphatic rings. The number of hydrogen-bond donors (Lipinski definition) is 1. The van der Waals surface area contributed by atoms with Crippen LogP contribution in [0.4, 0.5) is 0 Å². The summed E-state index contributed by atoms with van der Waals surface area (Å²) in [5, 5.41) is 8.26. The average molecular weight is 415 g/mol. The zero-order valence-corrected chi connectivity index (χ0v) is 17.5. The van der Waals surface area contributed by atoms with Crippen LogP contribution < -0.4 is 10.9 Å². The number of nitrogens with one attached hydrogen (secondary N) is 1. The molecule has 3 aromatic rings. The van der Waals surface area contributed by atoms with Gasteiger partial charge in [0.05, 0.1) is 22.1 Å². The normalized spacial score (nSPS) is 10.8. The number of hydrogen-bond acceptors (Lipinski definition) is 6. The molecule has 8 heteroatoms. The van der Waals surface area contributed by atoms with Gasteiger partial charge in [0.25, 0.3) is 5.56 Å². The van der Waals surface area contributed by atoms with Gasteiger partial charge in [-0.25, -0.2) is 9.67 Å². The third kappa shape index (κ3) is 5.53. The Morgan fingerprint density at radius 3 is 2.68 bits per heavy atom. The molecule has 146 valence electrons. The molecular formula is C20H22N4O2S2. The number of carbonyl (C=O) groups is 1. The lowest BCUT2D eigenvalue weighted by atomic mass is 10.3. The van der Waals surface area contributed by atoms with Gasteiger partial charge in [0.2, 0.25) is 5.91 Å². The zero-order valence-electron chi connectivity index (χ0n) is 15.8. The number of thioether (sulfide) groups is 1. The molecule has 2 heterocycles. The number of thiazole rings is 1. The Morgan fingerprint density at radius 2 is 1.96 bits per heavy atom. The minimum Gasteiger partial charge on any atom is -0.354 e. The van der Waals surface area contributed by atoms with Gasteiger partial charge < -0.3 is 5.32 Å². The summed E-state index contributed by atoms with van der Waals surface area (Å²) >= 11 is 3.21. The van der Waals surface area contributed by atoms with Crippen molar-refractivity contribution in [3.8, 4) is 10.6 Å². The fraction of sp³-hybridized carbons (Fsp3) is 0.300. The summed E-state index contributed by atoms with van der Waals surface area (Å²) in [6, 6.07) is 13.2. The lowest BCUT2D eigenvalue weighted by Crippen LogP contribution is -2.32. The second kappa shape index (κ2) is 9.66. The molecule has 0 atom stereocenters. The summed E-state index contributed by atoms with van der Waals surface area (Å²) in [4.78, 5) is 30.6. The molecule has 0 saturated heterocycles. The second-order valence-electron chi connectivity index (χ2n) is 6.19. The van der Waals surface area contributed by atoms with Gasteiger partial charge in [-0.1, -0.05) is 18.2 Å². The predicted octanol–water partition coefficient (Wildman–Crippen LogP) is 3.28. The lowest BCUT2D eigenvalue weighted by molar-refractivity contribution is -0.120. The zero-order chi connectivity index (χ0) is 19.9. The quantitative estimate of drug-likeness (QED) is 0.573.